The molecule has 2 aromatic rings. The molecule has 4 nitrogen and oxygen atoms in total. The molecule has 0 aliphatic heterocycles. The lowest BCUT2D eigenvalue weighted by Crippen LogP contribution is -2.08. The van der Waals surface area contributed by atoms with Gasteiger partial charge in [0.05, 0.1) is 14.2 Å². The van der Waals surface area contributed by atoms with Crippen LogP contribution in [0.5, 0.6) is 5.75 Å². The van der Waals surface area contributed by atoms with Gasteiger partial charge in [-0.2, -0.15) is 0 Å². The number of ether oxygens (including phenoxy) is 2. The summed E-state index contributed by atoms with van der Waals surface area (Å²) in [7, 11) is 3.17. The highest BCUT2D eigenvalue weighted by molar-refractivity contribution is 6.30. The molecule has 0 aromatic heterocycles. The van der Waals surface area contributed by atoms with Gasteiger partial charge in [0.25, 0.3) is 0 Å². The van der Waals surface area contributed by atoms with Crippen molar-refractivity contribution in [2.75, 3.05) is 19.5 Å². The van der Waals surface area contributed by atoms with Crippen molar-refractivity contribution >= 4 is 29.0 Å². The van der Waals surface area contributed by atoms with E-state index in [1.165, 1.54) is 6.08 Å². The van der Waals surface area contributed by atoms with E-state index in [9.17, 15) is 4.79 Å². The molecule has 25 heavy (non-hydrogen) atoms. The molecule has 5 heteroatoms. The Kier molecular flexibility index (Phi) is 6.66. The van der Waals surface area contributed by atoms with E-state index < -0.39 is 0 Å². The van der Waals surface area contributed by atoms with Crippen molar-refractivity contribution in [3.05, 3.63) is 76.8 Å². The first-order valence-corrected chi connectivity index (χ1v) is 8.04. The number of rotatable bonds is 6. The van der Waals surface area contributed by atoms with Crippen LogP contribution in [0.3, 0.4) is 0 Å². The molecule has 1 amide bonds. The van der Waals surface area contributed by atoms with Crippen LogP contribution in [0.1, 0.15) is 11.1 Å². The second-order valence-electron chi connectivity index (χ2n) is 5.33. The maximum Gasteiger partial charge on any atom is 0.248 e. The molecule has 0 unspecified atom stereocenters. The van der Waals surface area contributed by atoms with Crippen LogP contribution in [0.4, 0.5) is 5.69 Å². The van der Waals surface area contributed by atoms with Crippen LogP contribution >= 0.6 is 11.6 Å². The van der Waals surface area contributed by atoms with Gasteiger partial charge in [0.15, 0.2) is 0 Å². The Bertz CT molecular complexity index is 795. The summed E-state index contributed by atoms with van der Waals surface area (Å²) in [5.41, 5.74) is 2.56. The molecule has 0 aliphatic carbocycles. The van der Waals surface area contributed by atoms with E-state index in [2.05, 4.69) is 5.32 Å². The van der Waals surface area contributed by atoms with Gasteiger partial charge in [-0.3, -0.25) is 4.79 Å². The summed E-state index contributed by atoms with van der Waals surface area (Å²) in [6.07, 6.45) is 4.79. The number of nitrogens with one attached hydrogen (secondary N) is 1. The van der Waals surface area contributed by atoms with E-state index in [1.54, 1.807) is 44.6 Å². The first-order valence-electron chi connectivity index (χ1n) is 7.67. The van der Waals surface area contributed by atoms with Crippen LogP contribution in [0, 0.1) is 6.92 Å². The minimum atomic E-state index is -0.240. The average molecular weight is 358 g/mol. The molecular formula is C20H20ClNO3. The zero-order chi connectivity index (χ0) is 18.2. The molecule has 0 fully saturated rings. The highest BCUT2D eigenvalue weighted by Crippen LogP contribution is 2.20. The van der Waals surface area contributed by atoms with Gasteiger partial charge >= 0.3 is 0 Å². The van der Waals surface area contributed by atoms with Crippen LogP contribution in [0.25, 0.3) is 5.76 Å². The Morgan fingerprint density at radius 1 is 1.12 bits per heavy atom. The van der Waals surface area contributed by atoms with Gasteiger partial charge in [0.2, 0.25) is 5.91 Å². The Morgan fingerprint density at radius 3 is 2.48 bits per heavy atom. The predicted octanol–water partition coefficient (Wildman–Crippen LogP) is 4.84. The second kappa shape index (κ2) is 8.94. The van der Waals surface area contributed by atoms with Crippen LogP contribution in [0.15, 0.2) is 60.7 Å². The van der Waals surface area contributed by atoms with Gasteiger partial charge in [-0.15, -0.1) is 0 Å². The summed E-state index contributed by atoms with van der Waals surface area (Å²) in [5, 5.41) is 3.46. The standard InChI is InChI=1S/C20H20ClNO3/c1-14-11-17(13-18(12-14)24-2)22-20(23)6-4-5-19(25-3)15-7-9-16(21)10-8-15/h4-13H,1-3H3,(H,22,23)/b6-4+,19-5-. The van der Waals surface area contributed by atoms with Gasteiger partial charge in [-0.05, 0) is 55.0 Å². The van der Waals surface area contributed by atoms with E-state index >= 15 is 0 Å². The molecule has 0 saturated carbocycles. The maximum absolute atomic E-state index is 12.0. The van der Waals surface area contributed by atoms with Crippen molar-refractivity contribution in [3.8, 4) is 5.75 Å². The number of carbonyl (C=O) groups excluding carboxylic acids is 1. The van der Waals surface area contributed by atoms with Crippen LogP contribution in [-0.2, 0) is 9.53 Å². The third-order valence-electron chi connectivity index (χ3n) is 3.40. The van der Waals surface area contributed by atoms with Gasteiger partial charge < -0.3 is 14.8 Å². The number of carbonyl (C=O) groups is 1. The fourth-order valence-corrected chi connectivity index (χ4v) is 2.37. The number of amides is 1. The number of hydrogen-bond acceptors (Lipinski definition) is 3. The zero-order valence-corrected chi connectivity index (χ0v) is 15.1. The third-order valence-corrected chi connectivity index (χ3v) is 3.65. The minimum absolute atomic E-state index is 0.240. The number of allylic oxidation sites excluding steroid dienone is 2. The molecule has 2 rings (SSSR count). The number of anilines is 1. The Morgan fingerprint density at radius 2 is 1.84 bits per heavy atom. The number of halogens is 1. The average Bonchev–Trinajstić information content (AvgIpc) is 2.59. The summed E-state index contributed by atoms with van der Waals surface area (Å²) in [6.45, 7) is 1.94. The Hall–Kier alpha value is -2.72. The smallest absolute Gasteiger partial charge is 0.248 e. The van der Waals surface area contributed by atoms with Crippen molar-refractivity contribution in [1.82, 2.24) is 0 Å². The lowest BCUT2D eigenvalue weighted by atomic mass is 10.2. The molecule has 0 radical (unpaired) electrons. The fraction of sp³-hybridized carbons (Fsp3) is 0.150. The minimum Gasteiger partial charge on any atom is -0.497 e. The van der Waals surface area contributed by atoms with E-state index in [0.717, 1.165) is 11.1 Å². The van der Waals surface area contributed by atoms with Crippen molar-refractivity contribution in [1.29, 1.82) is 0 Å². The molecule has 2 aromatic carbocycles. The first kappa shape index (κ1) is 18.6. The molecule has 1 N–H and O–H groups in total. The topological polar surface area (TPSA) is 47.6 Å². The quantitative estimate of drug-likeness (QED) is 0.457. The third kappa shape index (κ3) is 5.69. The summed E-state index contributed by atoms with van der Waals surface area (Å²) < 4.78 is 10.5. The Balaban J connectivity index is 2.06. The second-order valence-corrected chi connectivity index (χ2v) is 5.77. The molecule has 0 atom stereocenters. The summed E-state index contributed by atoms with van der Waals surface area (Å²) in [6, 6.07) is 12.8. The molecule has 0 heterocycles. The molecule has 0 saturated heterocycles. The SMILES string of the molecule is CO/C(=C\C=C\C(=O)Nc1cc(C)cc(OC)c1)c1ccc(Cl)cc1. The zero-order valence-electron chi connectivity index (χ0n) is 14.4. The van der Waals surface area contributed by atoms with E-state index in [4.69, 9.17) is 21.1 Å². The predicted molar refractivity (Wildman–Crippen MR) is 102 cm³/mol. The highest BCUT2D eigenvalue weighted by Gasteiger charge is 2.02. The van der Waals surface area contributed by atoms with Crippen molar-refractivity contribution in [3.63, 3.8) is 0 Å². The largest absolute Gasteiger partial charge is 0.497 e. The monoisotopic (exact) mass is 357 g/mol. The number of benzene rings is 2. The summed E-state index contributed by atoms with van der Waals surface area (Å²) >= 11 is 5.88. The van der Waals surface area contributed by atoms with Gasteiger partial charge in [-0.25, -0.2) is 0 Å². The number of methoxy groups -OCH3 is 2. The highest BCUT2D eigenvalue weighted by atomic mass is 35.5. The van der Waals surface area contributed by atoms with Gasteiger partial charge in [0, 0.05) is 28.4 Å². The lowest BCUT2D eigenvalue weighted by Gasteiger charge is -2.07. The van der Waals surface area contributed by atoms with Crippen molar-refractivity contribution in [2.45, 2.75) is 6.92 Å². The van der Waals surface area contributed by atoms with Crippen molar-refractivity contribution < 1.29 is 14.3 Å². The normalized spacial score (nSPS) is 11.4. The fourth-order valence-electron chi connectivity index (χ4n) is 2.24. The summed E-state index contributed by atoms with van der Waals surface area (Å²) in [4.78, 5) is 12.0. The van der Waals surface area contributed by atoms with Crippen LogP contribution in [0.2, 0.25) is 5.02 Å². The number of hydrogen-bond donors (Lipinski definition) is 1. The van der Waals surface area contributed by atoms with Gasteiger partial charge in [0.1, 0.15) is 11.5 Å². The molecule has 130 valence electrons. The van der Waals surface area contributed by atoms with Crippen LogP contribution < -0.4 is 10.1 Å². The molecule has 0 aliphatic rings. The van der Waals surface area contributed by atoms with E-state index in [0.29, 0.717) is 22.2 Å². The Labute approximate surface area is 152 Å². The van der Waals surface area contributed by atoms with Crippen LogP contribution in [-0.4, -0.2) is 20.1 Å². The van der Waals surface area contributed by atoms with Gasteiger partial charge in [-0.1, -0.05) is 17.7 Å². The maximum atomic E-state index is 12.0. The van der Waals surface area contributed by atoms with Crippen molar-refractivity contribution in [2.24, 2.45) is 0 Å². The summed E-state index contributed by atoms with van der Waals surface area (Å²) in [5.74, 6) is 1.09. The first-order chi connectivity index (χ1) is 12.0. The van der Waals surface area contributed by atoms with E-state index in [1.807, 2.05) is 31.2 Å². The molecule has 0 bridgehead atoms. The lowest BCUT2D eigenvalue weighted by molar-refractivity contribution is -0.111. The number of aryl methyl sites for hydroxylation is 1. The molecule has 0 spiro atoms. The van der Waals surface area contributed by atoms with E-state index in [-0.39, 0.29) is 5.91 Å². The molecular weight excluding hydrogens is 338 g/mol.